The predicted molar refractivity (Wildman–Crippen MR) is 63.9 cm³/mol. The Balaban J connectivity index is 2.56. The molecule has 4 nitrogen and oxygen atoms in total. The van der Waals surface area contributed by atoms with Gasteiger partial charge in [-0.15, -0.1) is 0 Å². The highest BCUT2D eigenvalue weighted by Crippen LogP contribution is 2.31. The summed E-state index contributed by atoms with van der Waals surface area (Å²) in [5, 5.41) is -0.581. The summed E-state index contributed by atoms with van der Waals surface area (Å²) in [5.74, 6) is 0. The Labute approximate surface area is 117 Å². The molecule has 0 aliphatic carbocycles. The second-order valence-electron chi connectivity index (χ2n) is 3.71. The highest BCUT2D eigenvalue weighted by atomic mass is 35.5. The SMILES string of the molecule is O=S(=O)(c1cccc(C(F)(F)F)c1)c1cc(Cl)ncn1. The molecule has 0 N–H and O–H groups in total. The lowest BCUT2D eigenvalue weighted by Gasteiger charge is -2.09. The van der Waals surface area contributed by atoms with E-state index in [1.165, 1.54) is 0 Å². The molecule has 0 aliphatic rings. The predicted octanol–water partition coefficient (Wildman–Crippen LogP) is 2.98. The summed E-state index contributed by atoms with van der Waals surface area (Å²) in [4.78, 5) is 6.52. The van der Waals surface area contributed by atoms with E-state index in [0.717, 1.165) is 30.6 Å². The molecule has 1 aromatic carbocycles. The fourth-order valence-corrected chi connectivity index (χ4v) is 2.87. The Morgan fingerprint density at radius 1 is 1.10 bits per heavy atom. The van der Waals surface area contributed by atoms with Crippen LogP contribution in [-0.4, -0.2) is 18.4 Å². The van der Waals surface area contributed by atoms with Crippen LogP contribution in [-0.2, 0) is 16.0 Å². The van der Waals surface area contributed by atoms with Crippen molar-refractivity contribution in [1.82, 2.24) is 9.97 Å². The van der Waals surface area contributed by atoms with Crippen molar-refractivity contribution in [3.63, 3.8) is 0 Å². The first kappa shape index (κ1) is 14.7. The van der Waals surface area contributed by atoms with Gasteiger partial charge in [-0.05, 0) is 18.2 Å². The molecule has 106 valence electrons. The third kappa shape index (κ3) is 2.91. The van der Waals surface area contributed by atoms with E-state index in [2.05, 4.69) is 9.97 Å². The standard InChI is InChI=1S/C11H6ClF3N2O2S/c12-9-5-10(17-6-16-9)20(18,19)8-3-1-2-7(4-8)11(13,14)15/h1-6H. The van der Waals surface area contributed by atoms with Crippen LogP contribution in [0.4, 0.5) is 13.2 Å². The molecule has 2 aromatic rings. The van der Waals surface area contributed by atoms with Crippen molar-refractivity contribution in [2.75, 3.05) is 0 Å². The third-order valence-corrected chi connectivity index (χ3v) is 4.21. The fourth-order valence-electron chi connectivity index (χ4n) is 1.42. The monoisotopic (exact) mass is 322 g/mol. The maximum absolute atomic E-state index is 12.6. The van der Waals surface area contributed by atoms with Gasteiger partial charge in [0.05, 0.1) is 10.5 Å². The Morgan fingerprint density at radius 2 is 1.80 bits per heavy atom. The highest BCUT2D eigenvalue weighted by Gasteiger charge is 2.32. The molecule has 0 spiro atoms. The van der Waals surface area contributed by atoms with Gasteiger partial charge < -0.3 is 0 Å². The van der Waals surface area contributed by atoms with Crippen LogP contribution < -0.4 is 0 Å². The number of rotatable bonds is 2. The number of aromatic nitrogens is 2. The molecule has 0 atom stereocenters. The van der Waals surface area contributed by atoms with Crippen molar-refractivity contribution in [2.45, 2.75) is 16.1 Å². The summed E-state index contributed by atoms with van der Waals surface area (Å²) in [7, 11) is -4.18. The highest BCUT2D eigenvalue weighted by molar-refractivity contribution is 7.91. The maximum Gasteiger partial charge on any atom is 0.416 e. The molecule has 0 fully saturated rings. The summed E-state index contributed by atoms with van der Waals surface area (Å²) in [6.07, 6.45) is -3.71. The van der Waals surface area contributed by atoms with Gasteiger partial charge in [0.15, 0.2) is 5.03 Å². The summed E-state index contributed by atoms with van der Waals surface area (Å²) in [5.41, 5.74) is -1.06. The minimum absolute atomic E-state index is 0.120. The van der Waals surface area contributed by atoms with Crippen LogP contribution >= 0.6 is 11.6 Å². The molecule has 9 heteroatoms. The first-order valence-corrected chi connectivity index (χ1v) is 6.97. The smallest absolute Gasteiger partial charge is 0.225 e. The normalized spacial score (nSPS) is 12.4. The lowest BCUT2D eigenvalue weighted by atomic mass is 10.2. The molecule has 0 amide bonds. The van der Waals surface area contributed by atoms with Crippen LogP contribution in [0.2, 0.25) is 5.15 Å². The Hall–Kier alpha value is -1.67. The van der Waals surface area contributed by atoms with Crippen molar-refractivity contribution in [3.05, 3.63) is 47.4 Å². The van der Waals surface area contributed by atoms with Gasteiger partial charge in [-0.3, -0.25) is 0 Å². The second-order valence-corrected chi connectivity index (χ2v) is 5.99. The summed E-state index contributed by atoms with van der Waals surface area (Å²) in [6, 6.07) is 4.37. The minimum atomic E-state index is -4.63. The number of halogens is 4. The van der Waals surface area contributed by atoms with Crippen molar-refractivity contribution >= 4 is 21.4 Å². The van der Waals surface area contributed by atoms with E-state index in [1.807, 2.05) is 0 Å². The van der Waals surface area contributed by atoms with E-state index >= 15 is 0 Å². The van der Waals surface area contributed by atoms with E-state index in [0.29, 0.717) is 6.07 Å². The van der Waals surface area contributed by atoms with E-state index in [1.54, 1.807) is 0 Å². The maximum atomic E-state index is 12.6. The fraction of sp³-hybridized carbons (Fsp3) is 0.0909. The Morgan fingerprint density at radius 3 is 2.40 bits per heavy atom. The van der Waals surface area contributed by atoms with Crippen molar-refractivity contribution in [1.29, 1.82) is 0 Å². The number of hydrogen-bond acceptors (Lipinski definition) is 4. The number of benzene rings is 1. The molecule has 0 unspecified atom stereocenters. The first-order chi connectivity index (χ1) is 9.21. The summed E-state index contributed by atoms with van der Waals surface area (Å²) in [6.45, 7) is 0. The minimum Gasteiger partial charge on any atom is -0.225 e. The van der Waals surface area contributed by atoms with E-state index in [-0.39, 0.29) is 5.15 Å². The number of hydrogen-bond donors (Lipinski definition) is 0. The lowest BCUT2D eigenvalue weighted by molar-refractivity contribution is -0.137. The quantitative estimate of drug-likeness (QED) is 0.798. The Bertz CT molecular complexity index is 747. The average molecular weight is 323 g/mol. The summed E-state index contributed by atoms with van der Waals surface area (Å²) >= 11 is 5.55. The Kier molecular flexibility index (Phi) is 3.70. The molecule has 0 saturated heterocycles. The van der Waals surface area contributed by atoms with Gasteiger partial charge in [0.1, 0.15) is 11.5 Å². The van der Waals surface area contributed by atoms with Crippen LogP contribution in [0.3, 0.4) is 0 Å². The van der Waals surface area contributed by atoms with Gasteiger partial charge in [0.2, 0.25) is 9.84 Å². The molecule has 0 radical (unpaired) electrons. The number of sulfone groups is 1. The van der Waals surface area contributed by atoms with Gasteiger partial charge >= 0.3 is 6.18 Å². The zero-order valence-electron chi connectivity index (χ0n) is 9.60. The van der Waals surface area contributed by atoms with Gasteiger partial charge in [0.25, 0.3) is 0 Å². The van der Waals surface area contributed by atoms with Crippen LogP contribution in [0.1, 0.15) is 5.56 Å². The molecule has 0 bridgehead atoms. The third-order valence-electron chi connectivity index (χ3n) is 2.36. The zero-order chi connectivity index (χ0) is 15.0. The molecule has 20 heavy (non-hydrogen) atoms. The molecular weight excluding hydrogens is 317 g/mol. The number of nitrogens with zero attached hydrogens (tertiary/aromatic N) is 2. The van der Waals surface area contributed by atoms with E-state index < -0.39 is 31.5 Å². The van der Waals surface area contributed by atoms with Crippen LogP contribution in [0, 0.1) is 0 Å². The van der Waals surface area contributed by atoms with Gasteiger partial charge in [-0.25, -0.2) is 18.4 Å². The van der Waals surface area contributed by atoms with Gasteiger partial charge in [0, 0.05) is 6.07 Å². The van der Waals surface area contributed by atoms with Crippen molar-refractivity contribution in [3.8, 4) is 0 Å². The van der Waals surface area contributed by atoms with Gasteiger partial charge in [-0.2, -0.15) is 13.2 Å². The van der Waals surface area contributed by atoms with Crippen molar-refractivity contribution < 1.29 is 21.6 Å². The summed E-state index contributed by atoms with van der Waals surface area (Å²) < 4.78 is 62.0. The molecule has 2 rings (SSSR count). The molecule has 0 aliphatic heterocycles. The zero-order valence-corrected chi connectivity index (χ0v) is 11.2. The van der Waals surface area contributed by atoms with Crippen LogP contribution in [0.5, 0.6) is 0 Å². The van der Waals surface area contributed by atoms with Gasteiger partial charge in [-0.1, -0.05) is 17.7 Å². The topological polar surface area (TPSA) is 59.9 Å². The second kappa shape index (κ2) is 5.02. The molecular formula is C11H6ClF3N2O2S. The van der Waals surface area contributed by atoms with E-state index in [4.69, 9.17) is 11.6 Å². The van der Waals surface area contributed by atoms with Crippen molar-refractivity contribution in [2.24, 2.45) is 0 Å². The molecule has 1 heterocycles. The first-order valence-electron chi connectivity index (χ1n) is 5.11. The van der Waals surface area contributed by atoms with Crippen LogP contribution in [0.15, 0.2) is 46.6 Å². The molecule has 0 saturated carbocycles. The number of alkyl halides is 3. The average Bonchev–Trinajstić information content (AvgIpc) is 2.38. The van der Waals surface area contributed by atoms with Crippen LogP contribution in [0.25, 0.3) is 0 Å². The largest absolute Gasteiger partial charge is 0.416 e. The van der Waals surface area contributed by atoms with E-state index in [9.17, 15) is 21.6 Å². The molecule has 1 aromatic heterocycles. The lowest BCUT2D eigenvalue weighted by Crippen LogP contribution is -2.09.